The number of ether oxygens (including phenoxy) is 1. The number of hydrogen-bond acceptors (Lipinski definition) is 5. The van der Waals surface area contributed by atoms with E-state index in [0.717, 1.165) is 22.6 Å². The number of nitrogens with zero attached hydrogens (tertiary/aromatic N) is 1. The van der Waals surface area contributed by atoms with Gasteiger partial charge in [-0.05, 0) is 59.0 Å². The molecule has 1 aliphatic rings. The van der Waals surface area contributed by atoms with Gasteiger partial charge in [0, 0.05) is 17.7 Å². The lowest BCUT2D eigenvalue weighted by molar-refractivity contribution is -0.140. The Morgan fingerprint density at radius 3 is 2.23 bits per heavy atom. The zero-order valence-corrected chi connectivity index (χ0v) is 21.8. The van der Waals surface area contributed by atoms with E-state index in [1.54, 1.807) is 18.2 Å². The van der Waals surface area contributed by atoms with Gasteiger partial charge >= 0.3 is 6.18 Å². The van der Waals surface area contributed by atoms with Crippen molar-refractivity contribution in [1.82, 2.24) is 4.90 Å². The average Bonchev–Trinajstić information content (AvgIpc) is 3.12. The molecule has 0 aliphatic carbocycles. The Bertz CT molecular complexity index is 1450. The highest BCUT2D eigenvalue weighted by molar-refractivity contribution is 6.46. The molecule has 9 heteroatoms. The van der Waals surface area contributed by atoms with Crippen LogP contribution in [0.5, 0.6) is 11.5 Å². The molecular weight excluding hydrogens is 511 g/mol. The summed E-state index contributed by atoms with van der Waals surface area (Å²) in [7, 11) is 1.52. The maximum atomic E-state index is 13.3. The van der Waals surface area contributed by atoms with Gasteiger partial charge in [0.2, 0.25) is 0 Å². The number of carbonyl (C=O) groups excluding carboxylic acids is 2. The van der Waals surface area contributed by atoms with Crippen molar-refractivity contribution < 1.29 is 37.7 Å². The molecule has 2 N–H and O–H groups in total. The number of carbonyl (C=O) groups is 2. The number of ketones is 1. The molecule has 204 valence electrons. The summed E-state index contributed by atoms with van der Waals surface area (Å²) in [6.07, 6.45) is -4.58. The predicted molar refractivity (Wildman–Crippen MR) is 139 cm³/mol. The molecule has 6 nitrogen and oxygen atoms in total. The number of amides is 1. The van der Waals surface area contributed by atoms with Crippen LogP contribution >= 0.6 is 0 Å². The Morgan fingerprint density at radius 2 is 1.64 bits per heavy atom. The number of alkyl halides is 3. The number of methoxy groups -OCH3 is 1. The third kappa shape index (κ3) is 5.48. The smallest absolute Gasteiger partial charge is 0.416 e. The molecule has 1 aliphatic heterocycles. The van der Waals surface area contributed by atoms with E-state index in [-0.39, 0.29) is 34.4 Å². The first-order valence-corrected chi connectivity index (χ1v) is 12.1. The molecule has 3 aromatic carbocycles. The minimum atomic E-state index is -4.58. The molecule has 0 bridgehead atoms. The second-order valence-electron chi connectivity index (χ2n) is 10.4. The zero-order chi connectivity index (χ0) is 28.7. The molecule has 4 rings (SSSR count). The van der Waals surface area contributed by atoms with Crippen molar-refractivity contribution in [2.24, 2.45) is 0 Å². The first-order chi connectivity index (χ1) is 18.2. The summed E-state index contributed by atoms with van der Waals surface area (Å²) in [4.78, 5) is 27.7. The van der Waals surface area contributed by atoms with E-state index in [4.69, 9.17) is 4.74 Å². The monoisotopic (exact) mass is 539 g/mol. The van der Waals surface area contributed by atoms with Crippen molar-refractivity contribution >= 4 is 17.4 Å². The second-order valence-corrected chi connectivity index (χ2v) is 10.4. The number of aliphatic hydroxyl groups is 1. The molecule has 1 atom stereocenters. The fraction of sp³-hybridized carbons (Fsp3) is 0.267. The molecule has 39 heavy (non-hydrogen) atoms. The molecule has 1 fully saturated rings. The Kier molecular flexibility index (Phi) is 7.21. The summed E-state index contributed by atoms with van der Waals surface area (Å²) in [6.45, 7) is 5.56. The number of hydrogen-bond donors (Lipinski definition) is 2. The number of phenolic OH excluding ortho intramolecular Hbond substituents is 1. The van der Waals surface area contributed by atoms with Gasteiger partial charge < -0.3 is 19.8 Å². The second kappa shape index (κ2) is 10.1. The Morgan fingerprint density at radius 1 is 0.974 bits per heavy atom. The topological polar surface area (TPSA) is 87.1 Å². The van der Waals surface area contributed by atoms with Crippen LogP contribution in [0.15, 0.2) is 72.3 Å². The summed E-state index contributed by atoms with van der Waals surface area (Å²) in [5.41, 5.74) is 0.122. The highest BCUT2D eigenvalue weighted by atomic mass is 19.4. The Labute approximate surface area is 224 Å². The van der Waals surface area contributed by atoms with Gasteiger partial charge in [0.25, 0.3) is 11.7 Å². The van der Waals surface area contributed by atoms with E-state index in [1.807, 2.05) is 20.8 Å². The number of aromatic hydroxyl groups is 1. The van der Waals surface area contributed by atoms with Gasteiger partial charge in [-0.1, -0.05) is 45.0 Å². The molecule has 3 aromatic rings. The van der Waals surface area contributed by atoms with Gasteiger partial charge in [-0.25, -0.2) is 0 Å². The summed E-state index contributed by atoms with van der Waals surface area (Å²) in [5.74, 6) is -1.83. The van der Waals surface area contributed by atoms with Gasteiger partial charge in [0.1, 0.15) is 17.3 Å². The highest BCUT2D eigenvalue weighted by Crippen LogP contribution is 2.42. The molecule has 1 amide bonds. The van der Waals surface area contributed by atoms with Crippen LogP contribution in [0.25, 0.3) is 5.76 Å². The van der Waals surface area contributed by atoms with Crippen molar-refractivity contribution in [3.63, 3.8) is 0 Å². The minimum Gasteiger partial charge on any atom is -0.508 e. The molecular formula is C30H28F3NO5. The lowest BCUT2D eigenvalue weighted by Gasteiger charge is -2.26. The quantitative estimate of drug-likeness (QED) is 0.225. The van der Waals surface area contributed by atoms with Crippen LogP contribution in [0, 0.1) is 0 Å². The molecule has 0 saturated carbocycles. The number of phenols is 1. The lowest BCUT2D eigenvalue weighted by Crippen LogP contribution is -2.29. The number of likely N-dealkylation sites (tertiary alicyclic amines) is 1. The minimum absolute atomic E-state index is 0.0569. The van der Waals surface area contributed by atoms with Gasteiger partial charge in [0.15, 0.2) is 0 Å². The van der Waals surface area contributed by atoms with Crippen LogP contribution in [-0.4, -0.2) is 33.9 Å². The van der Waals surface area contributed by atoms with E-state index in [1.165, 1.54) is 43.5 Å². The van der Waals surface area contributed by atoms with Gasteiger partial charge in [-0.3, -0.25) is 9.59 Å². The standard InChI is InChI=1S/C30H28F3NO5/c1-29(2,3)22-15-19(10-13-23(22)39-4)26(36)24-25(18-8-11-21(35)12-9-18)34(28(38)27(24)37)16-17-6-5-7-20(14-17)30(31,32)33/h5-15,25,35-36H,16H2,1-4H3/b26-24-. The first-order valence-electron chi connectivity index (χ1n) is 12.1. The van der Waals surface area contributed by atoms with Crippen molar-refractivity contribution in [3.8, 4) is 11.5 Å². The normalized spacial score (nSPS) is 17.5. The fourth-order valence-electron chi connectivity index (χ4n) is 4.69. The average molecular weight is 540 g/mol. The molecule has 0 radical (unpaired) electrons. The van der Waals surface area contributed by atoms with Crippen molar-refractivity contribution in [3.05, 3.63) is 100 Å². The van der Waals surface area contributed by atoms with E-state index in [0.29, 0.717) is 11.3 Å². The zero-order valence-electron chi connectivity index (χ0n) is 21.8. The van der Waals surface area contributed by atoms with Gasteiger partial charge in [0.05, 0.1) is 24.3 Å². The highest BCUT2D eigenvalue weighted by Gasteiger charge is 2.46. The maximum Gasteiger partial charge on any atom is 0.416 e. The molecule has 0 aromatic heterocycles. The van der Waals surface area contributed by atoms with Crippen molar-refractivity contribution in [1.29, 1.82) is 0 Å². The molecule has 0 spiro atoms. The van der Waals surface area contributed by atoms with Crippen LogP contribution in [0.1, 0.15) is 54.6 Å². The summed E-state index contributed by atoms with van der Waals surface area (Å²) in [5, 5.41) is 21.2. The SMILES string of the molecule is COc1ccc(/C(O)=C2/C(=O)C(=O)N(Cc3cccc(C(F)(F)F)c3)C2c2ccc(O)cc2)cc1C(C)(C)C. The van der Waals surface area contributed by atoms with E-state index in [2.05, 4.69) is 0 Å². The Hall–Kier alpha value is -4.27. The summed E-state index contributed by atoms with van der Waals surface area (Å²) >= 11 is 0. The largest absolute Gasteiger partial charge is 0.508 e. The third-order valence-electron chi connectivity index (χ3n) is 6.64. The fourth-order valence-corrected chi connectivity index (χ4v) is 4.69. The number of rotatable bonds is 5. The van der Waals surface area contributed by atoms with Crippen LogP contribution in [0.2, 0.25) is 0 Å². The third-order valence-corrected chi connectivity index (χ3v) is 6.64. The van der Waals surface area contributed by atoms with Crippen LogP contribution in [0.4, 0.5) is 13.2 Å². The van der Waals surface area contributed by atoms with Gasteiger partial charge in [-0.15, -0.1) is 0 Å². The Balaban J connectivity index is 1.88. The predicted octanol–water partition coefficient (Wildman–Crippen LogP) is 6.34. The molecule has 1 heterocycles. The summed E-state index contributed by atoms with van der Waals surface area (Å²) < 4.78 is 45.4. The van der Waals surface area contributed by atoms with Crippen LogP contribution < -0.4 is 4.74 Å². The van der Waals surface area contributed by atoms with Crippen LogP contribution in [-0.2, 0) is 27.7 Å². The van der Waals surface area contributed by atoms with Crippen molar-refractivity contribution in [2.45, 2.75) is 44.9 Å². The lowest BCUT2D eigenvalue weighted by atomic mass is 9.84. The number of benzene rings is 3. The number of halogens is 3. The first kappa shape index (κ1) is 27.8. The van der Waals surface area contributed by atoms with E-state index >= 15 is 0 Å². The van der Waals surface area contributed by atoms with Crippen molar-refractivity contribution in [2.75, 3.05) is 7.11 Å². The van der Waals surface area contributed by atoms with Crippen LogP contribution in [0.3, 0.4) is 0 Å². The molecule has 1 saturated heterocycles. The maximum absolute atomic E-state index is 13.3. The number of Topliss-reactive ketones (excluding diaryl/α,β-unsaturated/α-hetero) is 1. The van der Waals surface area contributed by atoms with E-state index in [9.17, 15) is 33.0 Å². The number of aliphatic hydroxyl groups excluding tert-OH is 1. The summed E-state index contributed by atoms with van der Waals surface area (Å²) in [6, 6.07) is 14.0. The van der Waals surface area contributed by atoms with E-state index < -0.39 is 35.2 Å². The van der Waals surface area contributed by atoms with Gasteiger partial charge in [-0.2, -0.15) is 13.2 Å². The molecule has 1 unspecified atom stereocenters.